The summed E-state index contributed by atoms with van der Waals surface area (Å²) in [6, 6.07) is 13.4. The first-order chi connectivity index (χ1) is 13.1. The fourth-order valence-corrected chi connectivity index (χ4v) is 4.55. The summed E-state index contributed by atoms with van der Waals surface area (Å²) >= 11 is 0. The molecule has 0 spiro atoms. The van der Waals surface area contributed by atoms with E-state index in [1.807, 2.05) is 36.4 Å². The van der Waals surface area contributed by atoms with Gasteiger partial charge in [-0.25, -0.2) is 8.42 Å². The first kappa shape index (κ1) is 17.7. The lowest BCUT2D eigenvalue weighted by Crippen LogP contribution is -2.30. The molecule has 1 saturated heterocycles. The number of hydrogen-bond donors (Lipinski definition) is 0. The summed E-state index contributed by atoms with van der Waals surface area (Å²) in [7, 11) is -3.58. The Morgan fingerprint density at radius 2 is 1.96 bits per heavy atom. The number of rotatable bonds is 6. The predicted octanol–water partition coefficient (Wildman–Crippen LogP) is 2.17. The van der Waals surface area contributed by atoms with Gasteiger partial charge < -0.3 is 4.74 Å². The number of hydrogen-bond acceptors (Lipinski definition) is 5. The third-order valence-corrected chi connectivity index (χ3v) is 6.30. The van der Waals surface area contributed by atoms with E-state index in [-0.39, 0.29) is 11.0 Å². The zero-order valence-corrected chi connectivity index (χ0v) is 15.5. The molecular formula is C19H20N4O3S. The average Bonchev–Trinajstić information content (AvgIpc) is 3.34. The minimum Gasteiger partial charge on any atom is -0.487 e. The molecule has 0 N–H and O–H groups in total. The normalized spacial score (nSPS) is 17.9. The molecule has 0 aliphatic carbocycles. The van der Waals surface area contributed by atoms with Crippen molar-refractivity contribution in [2.45, 2.75) is 24.0 Å². The van der Waals surface area contributed by atoms with E-state index in [9.17, 15) is 8.42 Å². The van der Waals surface area contributed by atoms with Crippen molar-refractivity contribution in [2.24, 2.45) is 0 Å². The minimum absolute atomic E-state index is 0.177. The molecule has 0 radical (unpaired) electrons. The maximum atomic E-state index is 12.9. The van der Waals surface area contributed by atoms with Gasteiger partial charge in [-0.3, -0.25) is 9.67 Å². The second kappa shape index (κ2) is 7.50. The molecule has 140 valence electrons. The molecule has 1 aliphatic rings. The highest BCUT2D eigenvalue weighted by atomic mass is 32.2. The third kappa shape index (κ3) is 4.01. The van der Waals surface area contributed by atoms with Crippen LogP contribution in [0.4, 0.5) is 0 Å². The summed E-state index contributed by atoms with van der Waals surface area (Å²) in [4.78, 5) is 4.22. The van der Waals surface area contributed by atoms with Gasteiger partial charge in [-0.1, -0.05) is 30.3 Å². The van der Waals surface area contributed by atoms with Gasteiger partial charge >= 0.3 is 0 Å². The molecule has 8 heteroatoms. The lowest BCUT2D eigenvalue weighted by molar-refractivity contribution is 0.214. The highest BCUT2D eigenvalue weighted by Crippen LogP contribution is 2.23. The van der Waals surface area contributed by atoms with Crippen LogP contribution in [0.2, 0.25) is 0 Å². The van der Waals surface area contributed by atoms with Crippen LogP contribution >= 0.6 is 0 Å². The Balaban J connectivity index is 1.43. The van der Waals surface area contributed by atoms with Crippen molar-refractivity contribution in [1.29, 1.82) is 0 Å². The van der Waals surface area contributed by atoms with Crippen molar-refractivity contribution in [3.8, 4) is 5.75 Å². The Morgan fingerprint density at radius 3 is 2.74 bits per heavy atom. The molecule has 1 fully saturated rings. The summed E-state index contributed by atoms with van der Waals surface area (Å²) in [6.45, 7) is 1.28. The van der Waals surface area contributed by atoms with Gasteiger partial charge in [-0.05, 0) is 24.1 Å². The quantitative estimate of drug-likeness (QED) is 0.651. The van der Waals surface area contributed by atoms with Crippen molar-refractivity contribution in [3.05, 3.63) is 72.8 Å². The number of ether oxygens (including phenoxy) is 1. The number of aromatic nitrogens is 3. The molecule has 0 saturated carbocycles. The smallest absolute Gasteiger partial charge is 0.246 e. The lowest BCUT2D eigenvalue weighted by Gasteiger charge is -2.16. The number of benzene rings is 1. The Labute approximate surface area is 158 Å². The predicted molar refractivity (Wildman–Crippen MR) is 99.8 cm³/mol. The fourth-order valence-electron chi connectivity index (χ4n) is 3.11. The molecule has 0 unspecified atom stereocenters. The van der Waals surface area contributed by atoms with E-state index in [4.69, 9.17) is 4.74 Å². The van der Waals surface area contributed by atoms with Gasteiger partial charge in [-0.15, -0.1) is 0 Å². The topological polar surface area (TPSA) is 77.3 Å². The summed E-state index contributed by atoms with van der Waals surface area (Å²) in [5, 5.41) is 4.21. The zero-order valence-electron chi connectivity index (χ0n) is 14.7. The highest BCUT2D eigenvalue weighted by molar-refractivity contribution is 7.89. The molecule has 1 aliphatic heterocycles. The number of sulfonamides is 1. The van der Waals surface area contributed by atoms with Crippen LogP contribution in [0.5, 0.6) is 5.75 Å². The Hall–Kier alpha value is -2.71. The Morgan fingerprint density at radius 1 is 1.11 bits per heavy atom. The van der Waals surface area contributed by atoms with Crippen LogP contribution in [0.1, 0.15) is 12.0 Å². The van der Waals surface area contributed by atoms with E-state index in [0.717, 1.165) is 5.56 Å². The van der Waals surface area contributed by atoms with E-state index in [1.165, 1.54) is 10.5 Å². The molecule has 1 aromatic carbocycles. The third-order valence-electron chi connectivity index (χ3n) is 4.48. The molecule has 4 rings (SSSR count). The fraction of sp³-hybridized carbons (Fsp3) is 0.263. The van der Waals surface area contributed by atoms with Crippen molar-refractivity contribution < 1.29 is 13.2 Å². The summed E-state index contributed by atoms with van der Waals surface area (Å²) in [6.07, 6.45) is 6.76. The van der Waals surface area contributed by atoms with Gasteiger partial charge in [-0.2, -0.15) is 9.40 Å². The van der Waals surface area contributed by atoms with Crippen LogP contribution in [0.25, 0.3) is 0 Å². The minimum atomic E-state index is -3.58. The van der Waals surface area contributed by atoms with Crippen molar-refractivity contribution in [2.75, 3.05) is 13.1 Å². The summed E-state index contributed by atoms with van der Waals surface area (Å²) in [5.74, 6) is 0.650. The van der Waals surface area contributed by atoms with Crippen LogP contribution < -0.4 is 4.74 Å². The Bertz CT molecular complexity index is 990. The van der Waals surface area contributed by atoms with Gasteiger partial charge in [0.25, 0.3) is 0 Å². The van der Waals surface area contributed by atoms with Gasteiger partial charge in [0.2, 0.25) is 10.0 Å². The van der Waals surface area contributed by atoms with Crippen LogP contribution in [0, 0.1) is 0 Å². The number of nitrogens with zero attached hydrogens (tertiary/aromatic N) is 4. The molecule has 27 heavy (non-hydrogen) atoms. The second-order valence-corrected chi connectivity index (χ2v) is 8.38. The molecule has 0 amide bonds. The van der Waals surface area contributed by atoms with Crippen molar-refractivity contribution in [3.63, 3.8) is 0 Å². The standard InChI is InChI=1S/C19H20N4O3S/c24-27(25,19-12-21-22(15-19)13-16-5-2-1-3-6-16)23-10-8-18(14-23)26-17-7-4-9-20-11-17/h1-7,9,11-12,15,18H,8,10,13-14H2/t18-/m0/s1. The average molecular weight is 384 g/mol. The largest absolute Gasteiger partial charge is 0.487 e. The van der Waals surface area contributed by atoms with Crippen molar-refractivity contribution in [1.82, 2.24) is 19.1 Å². The van der Waals surface area contributed by atoms with Gasteiger partial charge in [0.15, 0.2) is 0 Å². The van der Waals surface area contributed by atoms with E-state index in [2.05, 4.69) is 10.1 Å². The number of pyridine rings is 1. The first-order valence-electron chi connectivity index (χ1n) is 8.74. The summed E-state index contributed by atoms with van der Waals surface area (Å²) in [5.41, 5.74) is 1.07. The molecule has 2 aromatic heterocycles. The van der Waals surface area contributed by atoms with Gasteiger partial charge in [0.1, 0.15) is 16.7 Å². The zero-order chi connectivity index (χ0) is 18.7. The van der Waals surface area contributed by atoms with Crippen LogP contribution in [-0.4, -0.2) is 46.7 Å². The molecule has 3 heterocycles. The van der Waals surface area contributed by atoms with E-state index >= 15 is 0 Å². The van der Waals surface area contributed by atoms with Crippen LogP contribution in [-0.2, 0) is 16.6 Å². The summed E-state index contributed by atoms with van der Waals surface area (Å²) < 4.78 is 34.7. The van der Waals surface area contributed by atoms with Crippen LogP contribution in [0.3, 0.4) is 0 Å². The van der Waals surface area contributed by atoms with E-state index in [0.29, 0.717) is 31.8 Å². The molecule has 3 aromatic rings. The highest BCUT2D eigenvalue weighted by Gasteiger charge is 2.34. The Kier molecular flexibility index (Phi) is 4.91. The van der Waals surface area contributed by atoms with Crippen LogP contribution in [0.15, 0.2) is 72.1 Å². The maximum absolute atomic E-state index is 12.9. The molecule has 7 nitrogen and oxygen atoms in total. The molecule has 1 atom stereocenters. The molecular weight excluding hydrogens is 364 g/mol. The van der Waals surface area contributed by atoms with Gasteiger partial charge in [0, 0.05) is 18.9 Å². The SMILES string of the molecule is O=S(=O)(c1cnn(Cc2ccccc2)c1)N1CC[C@H](Oc2cccnc2)C1. The van der Waals surface area contributed by atoms with E-state index < -0.39 is 10.0 Å². The van der Waals surface area contributed by atoms with Gasteiger partial charge in [0.05, 0.1) is 25.5 Å². The maximum Gasteiger partial charge on any atom is 0.246 e. The lowest BCUT2D eigenvalue weighted by atomic mass is 10.2. The van der Waals surface area contributed by atoms with E-state index in [1.54, 1.807) is 29.3 Å². The molecule has 0 bridgehead atoms. The monoisotopic (exact) mass is 384 g/mol. The first-order valence-corrected chi connectivity index (χ1v) is 10.2. The second-order valence-electron chi connectivity index (χ2n) is 6.44. The van der Waals surface area contributed by atoms with Crippen molar-refractivity contribution >= 4 is 10.0 Å².